The molecule has 0 saturated carbocycles. The minimum Gasteiger partial charge on any atom is -0.339 e. The topological polar surface area (TPSA) is 127 Å². The fourth-order valence-electron chi connectivity index (χ4n) is 3.08. The second-order valence-electron chi connectivity index (χ2n) is 6.36. The summed E-state index contributed by atoms with van der Waals surface area (Å²) in [5, 5.41) is 8.92. The standard InChI is InChI=1S/C17H17N5O4S2/c23-13(19-14-7-4-8-28(14,25)26)10-27-17-20-15-12(9-18-21-15)16(24)22(17)11-5-2-1-3-6-11/h1-3,5-6,9,14H,4,7-8,10H2,(H,18,21)(H,19,23)/t14-/m0/s1. The molecule has 2 aromatic heterocycles. The Morgan fingerprint density at radius 3 is 2.82 bits per heavy atom. The van der Waals surface area contributed by atoms with Gasteiger partial charge in [-0.3, -0.25) is 19.3 Å². The van der Waals surface area contributed by atoms with Gasteiger partial charge in [0.1, 0.15) is 10.8 Å². The highest BCUT2D eigenvalue weighted by molar-refractivity contribution is 7.99. The molecule has 4 rings (SSSR count). The molecule has 0 unspecified atom stereocenters. The summed E-state index contributed by atoms with van der Waals surface area (Å²) in [5.41, 5.74) is 0.647. The van der Waals surface area contributed by atoms with Crippen molar-refractivity contribution in [2.75, 3.05) is 11.5 Å². The van der Waals surface area contributed by atoms with Crippen LogP contribution in [-0.2, 0) is 14.6 Å². The fourth-order valence-corrected chi connectivity index (χ4v) is 5.59. The maximum absolute atomic E-state index is 12.9. The lowest BCUT2D eigenvalue weighted by molar-refractivity contribution is -0.118. The van der Waals surface area contributed by atoms with Crippen LogP contribution in [-0.4, -0.2) is 51.0 Å². The van der Waals surface area contributed by atoms with Gasteiger partial charge in [-0.15, -0.1) is 0 Å². The van der Waals surface area contributed by atoms with Gasteiger partial charge in [0, 0.05) is 0 Å². The molecule has 2 N–H and O–H groups in total. The minimum absolute atomic E-state index is 0.0645. The van der Waals surface area contributed by atoms with Gasteiger partial charge in [-0.1, -0.05) is 30.0 Å². The van der Waals surface area contributed by atoms with Gasteiger partial charge >= 0.3 is 0 Å². The number of fused-ring (bicyclic) bond motifs is 1. The summed E-state index contributed by atoms with van der Waals surface area (Å²) < 4.78 is 25.2. The SMILES string of the molecule is O=C(CSc1nc2[nH]ncc2c(=O)n1-c1ccccc1)N[C@@H]1CCCS1(=O)=O. The third-order valence-electron chi connectivity index (χ3n) is 4.45. The molecule has 1 aliphatic heterocycles. The smallest absolute Gasteiger partial charge is 0.269 e. The fraction of sp³-hybridized carbons (Fsp3) is 0.294. The van der Waals surface area contributed by atoms with E-state index in [2.05, 4.69) is 20.5 Å². The molecule has 0 aliphatic carbocycles. The number of aromatic nitrogens is 4. The summed E-state index contributed by atoms with van der Waals surface area (Å²) in [6.07, 6.45) is 2.38. The predicted octanol–water partition coefficient (Wildman–Crippen LogP) is 0.852. The Kier molecular flexibility index (Phi) is 4.94. The molecule has 1 aromatic carbocycles. The van der Waals surface area contributed by atoms with Crippen LogP contribution in [0.25, 0.3) is 16.7 Å². The summed E-state index contributed by atoms with van der Waals surface area (Å²) in [5.74, 6) is -0.388. The van der Waals surface area contributed by atoms with Crippen molar-refractivity contribution in [2.24, 2.45) is 0 Å². The molecule has 11 heteroatoms. The first-order chi connectivity index (χ1) is 13.5. The Morgan fingerprint density at radius 2 is 2.11 bits per heavy atom. The molecule has 1 fully saturated rings. The number of hydrogen-bond donors (Lipinski definition) is 2. The Bertz CT molecular complexity index is 1190. The largest absolute Gasteiger partial charge is 0.339 e. The van der Waals surface area contributed by atoms with Crippen molar-refractivity contribution in [3.8, 4) is 5.69 Å². The van der Waals surface area contributed by atoms with Gasteiger partial charge in [-0.25, -0.2) is 13.4 Å². The number of sulfone groups is 1. The number of carbonyl (C=O) groups excluding carboxylic acids is 1. The Balaban J connectivity index is 1.61. The highest BCUT2D eigenvalue weighted by Gasteiger charge is 2.32. The molecule has 0 radical (unpaired) electrons. The number of aromatic amines is 1. The molecule has 9 nitrogen and oxygen atoms in total. The van der Waals surface area contributed by atoms with Crippen LogP contribution in [0.1, 0.15) is 12.8 Å². The Hall–Kier alpha value is -2.66. The molecule has 3 aromatic rings. The van der Waals surface area contributed by atoms with Crippen molar-refractivity contribution in [2.45, 2.75) is 23.4 Å². The van der Waals surface area contributed by atoms with E-state index in [1.54, 1.807) is 24.3 Å². The first-order valence-corrected chi connectivity index (χ1v) is 11.3. The highest BCUT2D eigenvalue weighted by Crippen LogP contribution is 2.21. The van der Waals surface area contributed by atoms with Gasteiger partial charge < -0.3 is 5.32 Å². The van der Waals surface area contributed by atoms with E-state index < -0.39 is 21.1 Å². The van der Waals surface area contributed by atoms with E-state index in [0.29, 0.717) is 34.7 Å². The lowest BCUT2D eigenvalue weighted by Crippen LogP contribution is -2.39. The Morgan fingerprint density at radius 1 is 1.32 bits per heavy atom. The van der Waals surface area contributed by atoms with E-state index in [-0.39, 0.29) is 17.1 Å². The number of carbonyl (C=O) groups is 1. The summed E-state index contributed by atoms with van der Waals surface area (Å²) >= 11 is 1.06. The number of para-hydroxylation sites is 1. The normalized spacial score (nSPS) is 18.4. The maximum Gasteiger partial charge on any atom is 0.269 e. The third-order valence-corrected chi connectivity index (χ3v) is 7.47. The van der Waals surface area contributed by atoms with Crippen LogP contribution >= 0.6 is 11.8 Å². The second kappa shape index (κ2) is 7.40. The lowest BCUT2D eigenvalue weighted by atomic mass is 10.3. The van der Waals surface area contributed by atoms with Crippen LogP contribution in [0.4, 0.5) is 0 Å². The zero-order valence-electron chi connectivity index (χ0n) is 14.7. The van der Waals surface area contributed by atoms with Crippen molar-refractivity contribution in [3.05, 3.63) is 46.9 Å². The van der Waals surface area contributed by atoms with E-state index >= 15 is 0 Å². The van der Waals surface area contributed by atoms with E-state index in [0.717, 1.165) is 11.8 Å². The number of rotatable bonds is 5. The van der Waals surface area contributed by atoms with Crippen LogP contribution in [0.2, 0.25) is 0 Å². The van der Waals surface area contributed by atoms with Gasteiger partial charge in [-0.05, 0) is 25.0 Å². The predicted molar refractivity (Wildman–Crippen MR) is 105 cm³/mol. The number of nitrogens with one attached hydrogen (secondary N) is 2. The molecule has 28 heavy (non-hydrogen) atoms. The summed E-state index contributed by atoms with van der Waals surface area (Å²) in [7, 11) is -3.27. The zero-order valence-corrected chi connectivity index (χ0v) is 16.3. The van der Waals surface area contributed by atoms with Crippen molar-refractivity contribution in [1.82, 2.24) is 25.1 Å². The van der Waals surface area contributed by atoms with Gasteiger partial charge in [0.05, 0.1) is 23.4 Å². The first kappa shape index (κ1) is 18.7. The Labute approximate surface area is 164 Å². The monoisotopic (exact) mass is 419 g/mol. The van der Waals surface area contributed by atoms with Crippen LogP contribution in [0.15, 0.2) is 46.5 Å². The summed E-state index contributed by atoms with van der Waals surface area (Å²) in [6, 6.07) is 8.97. The van der Waals surface area contributed by atoms with E-state index in [1.807, 2.05) is 6.07 Å². The van der Waals surface area contributed by atoms with Gasteiger partial charge in [0.15, 0.2) is 20.6 Å². The number of amides is 1. The van der Waals surface area contributed by atoms with Gasteiger partial charge in [0.2, 0.25) is 5.91 Å². The number of H-pyrrole nitrogens is 1. The number of nitrogens with zero attached hydrogens (tertiary/aromatic N) is 3. The average molecular weight is 419 g/mol. The summed E-state index contributed by atoms with van der Waals surface area (Å²) in [6.45, 7) is 0. The number of hydrogen-bond acceptors (Lipinski definition) is 7. The second-order valence-corrected chi connectivity index (χ2v) is 9.60. The highest BCUT2D eigenvalue weighted by atomic mass is 32.2. The van der Waals surface area contributed by atoms with Crippen molar-refractivity contribution in [1.29, 1.82) is 0 Å². The molecule has 1 atom stereocenters. The van der Waals surface area contributed by atoms with E-state index in [9.17, 15) is 18.0 Å². The zero-order chi connectivity index (χ0) is 19.7. The van der Waals surface area contributed by atoms with Crippen LogP contribution in [0, 0.1) is 0 Å². The molecule has 3 heterocycles. The van der Waals surface area contributed by atoms with Crippen molar-refractivity contribution < 1.29 is 13.2 Å². The van der Waals surface area contributed by atoms with Crippen molar-refractivity contribution in [3.63, 3.8) is 0 Å². The van der Waals surface area contributed by atoms with Crippen LogP contribution in [0.5, 0.6) is 0 Å². The first-order valence-electron chi connectivity index (χ1n) is 8.61. The number of thioether (sulfide) groups is 1. The van der Waals surface area contributed by atoms with Crippen LogP contribution in [0.3, 0.4) is 0 Å². The maximum atomic E-state index is 12.9. The van der Waals surface area contributed by atoms with Gasteiger partial charge in [-0.2, -0.15) is 5.10 Å². The quantitative estimate of drug-likeness (QED) is 0.464. The minimum atomic E-state index is -3.27. The molecule has 146 valence electrons. The van der Waals surface area contributed by atoms with E-state index in [1.165, 1.54) is 10.8 Å². The molecule has 0 spiro atoms. The number of benzene rings is 1. The average Bonchev–Trinajstić information content (AvgIpc) is 3.27. The molecular weight excluding hydrogens is 402 g/mol. The molecule has 1 amide bonds. The van der Waals surface area contributed by atoms with Crippen molar-refractivity contribution >= 4 is 38.5 Å². The van der Waals surface area contributed by atoms with E-state index in [4.69, 9.17) is 0 Å². The molecule has 1 saturated heterocycles. The third kappa shape index (κ3) is 3.54. The molecular formula is C17H17N5O4S2. The lowest BCUT2D eigenvalue weighted by Gasteiger charge is -2.13. The molecule has 1 aliphatic rings. The van der Waals surface area contributed by atoms with Gasteiger partial charge in [0.25, 0.3) is 5.56 Å². The molecule has 0 bridgehead atoms. The van der Waals surface area contributed by atoms with Crippen LogP contribution < -0.4 is 10.9 Å². The summed E-state index contributed by atoms with van der Waals surface area (Å²) in [4.78, 5) is 29.6.